The molecule has 1 amide bonds. The van der Waals surface area contributed by atoms with Gasteiger partial charge < -0.3 is 19.4 Å². The molecule has 7 heteroatoms. The number of hydrogen-bond donors (Lipinski definition) is 1. The Kier molecular flexibility index (Phi) is 8.53. The first-order valence-electron chi connectivity index (χ1n) is 14.4. The highest BCUT2D eigenvalue weighted by atomic mass is 28.4. The number of fused-ring (bicyclic) bond motifs is 2. The molecule has 1 N–H and O–H groups in total. The normalized spacial score (nSPS) is 16.6. The van der Waals surface area contributed by atoms with E-state index < -0.39 is 13.9 Å². The molecule has 2 aliphatic rings. The maximum atomic E-state index is 12.5. The smallest absolute Gasteiger partial charge is 0.407 e. The summed E-state index contributed by atoms with van der Waals surface area (Å²) in [6.07, 6.45) is 8.26. The van der Waals surface area contributed by atoms with E-state index in [0.29, 0.717) is 6.61 Å². The summed E-state index contributed by atoms with van der Waals surface area (Å²) in [5.41, 5.74) is 6.23. The summed E-state index contributed by atoms with van der Waals surface area (Å²) in [6, 6.07) is 6.68. The third kappa shape index (κ3) is 6.97. The number of allylic oxidation sites excluding steroid dienone is 1. The SMILES string of the molecule is CCN1C=CCc2cc(-c3cc4c(cc3C#CCO[Si](C)(C)C(C)(C)C)CC(NC(=O)OC(C)(C)C)C4)cnc21. The number of hydrogen-bond acceptors (Lipinski definition) is 5. The lowest BCUT2D eigenvalue weighted by Crippen LogP contribution is -2.40. The molecule has 1 atom stereocenters. The molecule has 1 aromatic heterocycles. The Balaban J connectivity index is 1.64. The Morgan fingerprint density at radius 3 is 2.45 bits per heavy atom. The average molecular weight is 560 g/mol. The Hall–Kier alpha value is -3.08. The fourth-order valence-electron chi connectivity index (χ4n) is 4.85. The van der Waals surface area contributed by atoms with Crippen LogP contribution in [0.1, 0.15) is 70.7 Å². The molecule has 40 heavy (non-hydrogen) atoms. The van der Waals surface area contributed by atoms with Crippen molar-refractivity contribution < 1.29 is 14.0 Å². The van der Waals surface area contributed by atoms with Gasteiger partial charge >= 0.3 is 6.09 Å². The Morgan fingerprint density at radius 2 is 1.80 bits per heavy atom. The fraction of sp³-hybridized carbons (Fsp3) is 0.515. The zero-order valence-corrected chi connectivity index (χ0v) is 26.7. The van der Waals surface area contributed by atoms with Gasteiger partial charge in [-0.05, 0) is 106 Å². The van der Waals surface area contributed by atoms with Gasteiger partial charge in [-0.1, -0.05) is 38.7 Å². The van der Waals surface area contributed by atoms with Crippen LogP contribution in [0.15, 0.2) is 36.7 Å². The highest BCUT2D eigenvalue weighted by Crippen LogP contribution is 2.37. The molecule has 6 nitrogen and oxygen atoms in total. The molecule has 2 heterocycles. The Labute approximate surface area is 241 Å². The van der Waals surface area contributed by atoms with E-state index >= 15 is 0 Å². The van der Waals surface area contributed by atoms with E-state index in [-0.39, 0.29) is 17.2 Å². The second-order valence-electron chi connectivity index (χ2n) is 13.4. The Morgan fingerprint density at radius 1 is 1.10 bits per heavy atom. The number of anilines is 1. The summed E-state index contributed by atoms with van der Waals surface area (Å²) < 4.78 is 11.8. The van der Waals surface area contributed by atoms with Crippen LogP contribution in [0, 0.1) is 11.8 Å². The number of amides is 1. The van der Waals surface area contributed by atoms with Gasteiger partial charge in [0.25, 0.3) is 0 Å². The number of rotatable bonds is 5. The molecule has 2 aromatic rings. The van der Waals surface area contributed by atoms with Gasteiger partial charge in [-0.25, -0.2) is 9.78 Å². The molecule has 0 spiro atoms. The van der Waals surface area contributed by atoms with Crippen LogP contribution >= 0.6 is 0 Å². The van der Waals surface area contributed by atoms with Crippen molar-refractivity contribution in [3.05, 3.63) is 58.9 Å². The third-order valence-electron chi connectivity index (χ3n) is 8.02. The molecule has 4 rings (SSSR count). The number of carbonyl (C=O) groups is 1. The van der Waals surface area contributed by atoms with Crippen LogP contribution < -0.4 is 10.2 Å². The van der Waals surface area contributed by atoms with Crippen LogP contribution in [0.4, 0.5) is 10.6 Å². The van der Waals surface area contributed by atoms with Gasteiger partial charge in [0.15, 0.2) is 8.32 Å². The molecule has 0 fully saturated rings. The van der Waals surface area contributed by atoms with Crippen molar-refractivity contribution in [1.82, 2.24) is 10.3 Å². The van der Waals surface area contributed by atoms with E-state index in [9.17, 15) is 4.79 Å². The lowest BCUT2D eigenvalue weighted by molar-refractivity contribution is 0.0506. The van der Waals surface area contributed by atoms with Crippen LogP contribution in [-0.2, 0) is 28.4 Å². The van der Waals surface area contributed by atoms with Crippen molar-refractivity contribution in [2.75, 3.05) is 18.1 Å². The molecule has 0 saturated carbocycles. The zero-order chi connectivity index (χ0) is 29.3. The van der Waals surface area contributed by atoms with Crippen molar-refractivity contribution in [3.8, 4) is 23.0 Å². The molecule has 214 valence electrons. The molecule has 1 aliphatic carbocycles. The number of pyridine rings is 1. The molecule has 0 saturated heterocycles. The van der Waals surface area contributed by atoms with Crippen molar-refractivity contribution in [2.45, 2.75) is 97.5 Å². The van der Waals surface area contributed by atoms with E-state index in [4.69, 9.17) is 14.1 Å². The first-order chi connectivity index (χ1) is 18.7. The van der Waals surface area contributed by atoms with E-state index in [0.717, 1.165) is 48.3 Å². The third-order valence-corrected chi connectivity index (χ3v) is 12.5. The van der Waals surface area contributed by atoms with Crippen LogP contribution in [0.2, 0.25) is 18.1 Å². The highest BCUT2D eigenvalue weighted by molar-refractivity contribution is 6.74. The number of aromatic nitrogens is 1. The number of ether oxygens (including phenoxy) is 1. The minimum atomic E-state index is -1.88. The van der Waals surface area contributed by atoms with E-state index in [1.165, 1.54) is 16.7 Å². The van der Waals surface area contributed by atoms with Crippen molar-refractivity contribution in [1.29, 1.82) is 0 Å². The number of nitrogens with zero attached hydrogens (tertiary/aromatic N) is 2. The van der Waals surface area contributed by atoms with Gasteiger partial charge in [0.1, 0.15) is 11.4 Å². The second-order valence-corrected chi connectivity index (χ2v) is 18.2. The lowest BCUT2D eigenvalue weighted by Gasteiger charge is -2.35. The predicted octanol–water partition coefficient (Wildman–Crippen LogP) is 7.01. The predicted molar refractivity (Wildman–Crippen MR) is 166 cm³/mol. The van der Waals surface area contributed by atoms with Crippen molar-refractivity contribution in [3.63, 3.8) is 0 Å². The van der Waals surface area contributed by atoms with Gasteiger partial charge in [-0.3, -0.25) is 0 Å². The van der Waals surface area contributed by atoms with E-state index in [1.807, 2.05) is 27.0 Å². The minimum absolute atomic E-state index is 0.00673. The summed E-state index contributed by atoms with van der Waals surface area (Å²) in [5.74, 6) is 7.77. The first kappa shape index (κ1) is 29.9. The standard InChI is InChI=1S/C33H45N3O3Si/c1-10-36-15-11-13-24-18-27(22-34-30(24)36)29-21-26-20-28(35-31(37)39-32(2,3)4)19-25(26)17-23(29)14-12-16-38-40(8,9)33(5,6)7/h11,15,17-18,21-22,28H,10,13,16,19-20H2,1-9H3,(H,35,37). The highest BCUT2D eigenvalue weighted by Gasteiger charge is 2.36. The quantitative estimate of drug-likeness (QED) is 0.315. The van der Waals surface area contributed by atoms with Gasteiger partial charge in [0, 0.05) is 36.1 Å². The molecular formula is C33H45N3O3Si. The summed E-state index contributed by atoms with van der Waals surface area (Å²) in [4.78, 5) is 19.5. The van der Waals surface area contributed by atoms with Crippen LogP contribution in [-0.4, -0.2) is 44.2 Å². The van der Waals surface area contributed by atoms with Crippen LogP contribution in [0.5, 0.6) is 0 Å². The maximum Gasteiger partial charge on any atom is 0.407 e. The van der Waals surface area contributed by atoms with Crippen LogP contribution in [0.25, 0.3) is 11.1 Å². The molecule has 1 unspecified atom stereocenters. The maximum absolute atomic E-state index is 12.5. The van der Waals surface area contributed by atoms with Crippen molar-refractivity contribution in [2.24, 2.45) is 0 Å². The van der Waals surface area contributed by atoms with E-state index in [1.54, 1.807) is 0 Å². The molecule has 0 bridgehead atoms. The second kappa shape index (κ2) is 11.4. The molecule has 1 aliphatic heterocycles. The number of nitrogens with one attached hydrogen (secondary N) is 1. The van der Waals surface area contributed by atoms with Gasteiger partial charge in [-0.15, -0.1) is 0 Å². The summed E-state index contributed by atoms with van der Waals surface area (Å²) in [5, 5.41) is 3.20. The number of benzene rings is 1. The number of alkyl carbamates (subject to hydrolysis) is 1. The van der Waals surface area contributed by atoms with Gasteiger partial charge in [-0.2, -0.15) is 0 Å². The van der Waals surface area contributed by atoms with E-state index in [2.05, 4.69) is 93.3 Å². The number of carbonyl (C=O) groups excluding carboxylic acids is 1. The molecule has 1 aromatic carbocycles. The van der Waals surface area contributed by atoms with Gasteiger partial charge in [0.05, 0.1) is 6.61 Å². The topological polar surface area (TPSA) is 63.7 Å². The largest absolute Gasteiger partial charge is 0.444 e. The van der Waals surface area contributed by atoms with Gasteiger partial charge in [0.2, 0.25) is 0 Å². The van der Waals surface area contributed by atoms with Crippen LogP contribution in [0.3, 0.4) is 0 Å². The molecular weight excluding hydrogens is 514 g/mol. The lowest BCUT2D eigenvalue weighted by atomic mass is 9.94. The minimum Gasteiger partial charge on any atom is -0.444 e. The molecule has 0 radical (unpaired) electrons. The summed E-state index contributed by atoms with van der Waals surface area (Å²) >= 11 is 0. The Bertz CT molecular complexity index is 1360. The average Bonchev–Trinajstić information content (AvgIpc) is 3.24. The summed E-state index contributed by atoms with van der Waals surface area (Å²) in [7, 11) is -1.88. The van der Waals surface area contributed by atoms with Crippen molar-refractivity contribution >= 4 is 20.2 Å². The monoisotopic (exact) mass is 559 g/mol. The summed E-state index contributed by atoms with van der Waals surface area (Å²) in [6.45, 7) is 20.3. The fourth-order valence-corrected chi connectivity index (χ4v) is 5.71. The zero-order valence-electron chi connectivity index (χ0n) is 25.7. The first-order valence-corrected chi connectivity index (χ1v) is 17.3.